The molecule has 0 unspecified atom stereocenters. The number of carbonyl (C=O) groups is 2. The molecule has 34 heavy (non-hydrogen) atoms. The second kappa shape index (κ2) is 10.7. The maximum Gasteiger partial charge on any atom is 1.00 e. The van der Waals surface area contributed by atoms with Gasteiger partial charge in [-0.1, -0.05) is 54.6 Å². The van der Waals surface area contributed by atoms with Gasteiger partial charge >= 0.3 is 35.7 Å². The average molecular weight is 489 g/mol. The fourth-order valence-electron chi connectivity index (χ4n) is 3.92. The van der Waals surface area contributed by atoms with Crippen molar-refractivity contribution in [3.05, 3.63) is 89.0 Å². The van der Waals surface area contributed by atoms with Crippen LogP contribution in [0.2, 0.25) is 0 Å². The number of carbonyl (C=O) groups excluding carboxylic acids is 2. The number of hydrogen-bond acceptors (Lipinski definition) is 7. The molecule has 0 heterocycles. The van der Waals surface area contributed by atoms with Crippen LogP contribution in [-0.2, 0) is 39.1 Å². The van der Waals surface area contributed by atoms with E-state index in [0.29, 0.717) is 12.0 Å². The number of fused-ring (bicyclic) bond motifs is 3. The number of benzene rings is 3. The molecule has 1 amide bonds. The summed E-state index contributed by atoms with van der Waals surface area (Å²) in [6.45, 7) is -0.0900. The van der Waals surface area contributed by atoms with Gasteiger partial charge < -0.3 is 19.7 Å². The predicted octanol–water partition coefficient (Wildman–Crippen LogP) is -0.123. The number of alkyl carbamates (subject to hydrolysis) is 1. The van der Waals surface area contributed by atoms with Gasteiger partial charge in [-0.25, -0.2) is 13.2 Å². The Labute approximate surface area is 219 Å². The fraction of sp³-hybridized carbons (Fsp3) is 0.167. The minimum absolute atomic E-state index is 0. The molecule has 3 aromatic rings. The second-order valence-electron chi connectivity index (χ2n) is 7.69. The molecular weight excluding hydrogens is 469 g/mol. The van der Waals surface area contributed by atoms with Crippen LogP contribution in [0.25, 0.3) is 11.1 Å². The predicted molar refractivity (Wildman–Crippen MR) is 118 cm³/mol. The Hall–Kier alpha value is -2.69. The van der Waals surface area contributed by atoms with E-state index in [0.717, 1.165) is 22.3 Å². The van der Waals surface area contributed by atoms with Gasteiger partial charge in [-0.3, -0.25) is 4.79 Å². The van der Waals surface area contributed by atoms with E-state index in [9.17, 15) is 27.7 Å². The first-order chi connectivity index (χ1) is 15.7. The van der Waals surface area contributed by atoms with Crippen molar-refractivity contribution >= 4 is 21.3 Å². The van der Waals surface area contributed by atoms with Crippen molar-refractivity contribution in [2.24, 2.45) is 0 Å². The molecule has 0 radical (unpaired) electrons. The number of amides is 1. The van der Waals surface area contributed by atoms with E-state index in [4.69, 9.17) is 4.74 Å². The number of nitrogens with one attached hydrogen (secondary N) is 1. The monoisotopic (exact) mass is 489 g/mol. The molecule has 0 bridgehead atoms. The van der Waals surface area contributed by atoms with Gasteiger partial charge in [0.15, 0.2) is 10.1 Å². The summed E-state index contributed by atoms with van der Waals surface area (Å²) in [5, 5.41) is 9.90. The number of aromatic hydroxyl groups is 1. The average Bonchev–Trinajstić information content (AvgIpc) is 3.17. The van der Waals surface area contributed by atoms with E-state index in [1.807, 2.05) is 42.5 Å². The van der Waals surface area contributed by atoms with Gasteiger partial charge in [-0.05, 0) is 51.9 Å². The first-order valence-electron chi connectivity index (χ1n) is 10.1. The van der Waals surface area contributed by atoms with Gasteiger partial charge in [0.1, 0.15) is 18.4 Å². The van der Waals surface area contributed by atoms with Crippen molar-refractivity contribution in [1.29, 1.82) is 0 Å². The normalized spacial score (nSPS) is 12.6. The minimum atomic E-state index is -5.29. The zero-order valence-corrected chi connectivity index (χ0v) is 21.2. The van der Waals surface area contributed by atoms with Crippen LogP contribution in [0.1, 0.15) is 22.3 Å². The van der Waals surface area contributed by atoms with Crippen LogP contribution in [0.3, 0.4) is 0 Å². The molecule has 0 spiro atoms. The Morgan fingerprint density at radius 2 is 1.68 bits per heavy atom. The van der Waals surface area contributed by atoms with E-state index in [-0.39, 0.29) is 48.3 Å². The Balaban J connectivity index is 0.00000324. The minimum Gasteiger partial charge on any atom is -0.742 e. The topological polar surface area (TPSA) is 133 Å². The molecule has 0 fully saturated rings. The number of phenols is 1. The molecule has 8 nitrogen and oxygen atoms in total. The summed E-state index contributed by atoms with van der Waals surface area (Å²) in [4.78, 5) is 24.5. The molecule has 170 valence electrons. The molecule has 0 aromatic heterocycles. The Morgan fingerprint density at radius 1 is 1.00 bits per heavy atom. The Bertz CT molecular complexity index is 1320. The molecule has 1 aliphatic rings. The van der Waals surface area contributed by atoms with Crippen molar-refractivity contribution in [2.45, 2.75) is 25.5 Å². The fourth-order valence-corrected chi connectivity index (χ4v) is 4.41. The first kappa shape index (κ1) is 25.9. The van der Waals surface area contributed by atoms with Crippen LogP contribution in [0.15, 0.2) is 66.7 Å². The van der Waals surface area contributed by atoms with E-state index in [1.165, 1.54) is 29.8 Å². The molecular formula is C24H20NNaO7S. The van der Waals surface area contributed by atoms with E-state index < -0.39 is 27.4 Å². The first-order valence-corrected chi connectivity index (χ1v) is 11.5. The summed E-state index contributed by atoms with van der Waals surface area (Å²) in [6, 6.07) is 17.6. The smallest absolute Gasteiger partial charge is 0.742 e. The standard InChI is InChI=1S/C24H21NO7S.Na/c26-18-10-8-15(9-11-18)12-22(23(27)33(29,30)31)25-24(28)32-14-17-5-3-7-20-19-6-2-1-4-16(19)13-21(17)20;/h1-11,22,26H,12-14H2,(H,25,28)(H,29,30,31);/q;+1/p-1/t22-;/m0./s1. The number of rotatable bonds is 6. The van der Waals surface area contributed by atoms with Crippen LogP contribution in [0.4, 0.5) is 4.79 Å². The van der Waals surface area contributed by atoms with Gasteiger partial charge in [0.2, 0.25) is 0 Å². The van der Waals surface area contributed by atoms with Crippen molar-refractivity contribution in [1.82, 2.24) is 5.32 Å². The van der Waals surface area contributed by atoms with E-state index >= 15 is 0 Å². The summed E-state index contributed by atoms with van der Waals surface area (Å²) in [7, 11) is -5.29. The van der Waals surface area contributed by atoms with Gasteiger partial charge in [-0.2, -0.15) is 0 Å². The third kappa shape index (κ3) is 5.86. The molecule has 0 saturated carbocycles. The number of ether oxygens (including phenoxy) is 1. The summed E-state index contributed by atoms with van der Waals surface area (Å²) >= 11 is 0. The van der Waals surface area contributed by atoms with Crippen LogP contribution in [0, 0.1) is 0 Å². The Morgan fingerprint density at radius 3 is 2.38 bits per heavy atom. The van der Waals surface area contributed by atoms with Crippen LogP contribution >= 0.6 is 0 Å². The van der Waals surface area contributed by atoms with Gasteiger partial charge in [0, 0.05) is 6.42 Å². The van der Waals surface area contributed by atoms with Crippen molar-refractivity contribution in [2.75, 3.05) is 0 Å². The SMILES string of the molecule is O=C(N[C@@H](Cc1ccc(O)cc1)C(=O)S(=O)(=O)[O-])OCc1cccc2c1Cc1ccccc1-2.[Na+]. The van der Waals surface area contributed by atoms with Crippen molar-refractivity contribution in [3.8, 4) is 16.9 Å². The summed E-state index contributed by atoms with van der Waals surface area (Å²) < 4.78 is 39.1. The zero-order chi connectivity index (χ0) is 23.6. The summed E-state index contributed by atoms with van der Waals surface area (Å²) in [5.41, 5.74) is 5.62. The van der Waals surface area contributed by atoms with Gasteiger partial charge in [0.25, 0.3) is 5.12 Å². The third-order valence-corrected chi connectivity index (χ3v) is 6.28. The van der Waals surface area contributed by atoms with Crippen LogP contribution < -0.4 is 34.9 Å². The maximum atomic E-state index is 12.4. The molecule has 3 aromatic carbocycles. The Kier molecular flexibility index (Phi) is 8.17. The largest absolute Gasteiger partial charge is 1.00 e. The van der Waals surface area contributed by atoms with E-state index in [2.05, 4.69) is 5.32 Å². The van der Waals surface area contributed by atoms with Gasteiger partial charge in [-0.15, -0.1) is 0 Å². The van der Waals surface area contributed by atoms with Gasteiger partial charge in [0.05, 0.1) is 0 Å². The van der Waals surface area contributed by atoms with E-state index in [1.54, 1.807) is 0 Å². The maximum absolute atomic E-state index is 12.4. The number of hydrogen-bond donors (Lipinski definition) is 2. The van der Waals surface area contributed by atoms with Crippen LogP contribution in [0.5, 0.6) is 5.75 Å². The van der Waals surface area contributed by atoms with Crippen molar-refractivity contribution < 1.29 is 62.0 Å². The molecule has 10 heteroatoms. The third-order valence-electron chi connectivity index (χ3n) is 5.51. The number of phenolic OH excluding ortho intramolecular Hbond substituents is 1. The summed E-state index contributed by atoms with van der Waals surface area (Å²) in [6.07, 6.45) is -0.585. The molecule has 2 N–H and O–H groups in total. The molecule has 4 rings (SSSR count). The quantitative estimate of drug-likeness (QED) is 0.285. The zero-order valence-electron chi connectivity index (χ0n) is 18.4. The van der Waals surface area contributed by atoms with Crippen LogP contribution in [-0.4, -0.2) is 35.3 Å². The second-order valence-corrected chi connectivity index (χ2v) is 9.00. The molecule has 0 aliphatic heterocycles. The molecule has 0 saturated heterocycles. The molecule has 1 atom stereocenters. The summed E-state index contributed by atoms with van der Waals surface area (Å²) in [5.74, 6) is -0.0250. The van der Waals surface area contributed by atoms with Crippen molar-refractivity contribution in [3.63, 3.8) is 0 Å². The molecule has 1 aliphatic carbocycles.